The fourth-order valence-electron chi connectivity index (χ4n) is 5.52. The summed E-state index contributed by atoms with van der Waals surface area (Å²) >= 11 is 0. The Morgan fingerprint density at radius 3 is 2.57 bits per heavy atom. The van der Waals surface area contributed by atoms with Crippen LogP contribution in [0, 0.1) is 16.0 Å². The largest absolute Gasteiger partial charge is 0.497 e. The van der Waals surface area contributed by atoms with E-state index in [0.29, 0.717) is 13.0 Å². The number of hydrogen-bond acceptors (Lipinski definition) is 6. The summed E-state index contributed by atoms with van der Waals surface area (Å²) in [5.41, 5.74) is 4.33. The lowest BCUT2D eigenvalue weighted by molar-refractivity contribution is -0.384. The Hall–Kier alpha value is -3.91. The fraction of sp³-hybridized carbons (Fsp3) is 0.345. The Bertz CT molecular complexity index is 1250. The third-order valence-corrected chi connectivity index (χ3v) is 7.45. The van der Waals surface area contributed by atoms with Crippen molar-refractivity contribution in [3.63, 3.8) is 0 Å². The highest BCUT2D eigenvalue weighted by Gasteiger charge is 2.41. The van der Waals surface area contributed by atoms with Gasteiger partial charge in [0.05, 0.1) is 24.0 Å². The van der Waals surface area contributed by atoms with Gasteiger partial charge in [-0.15, -0.1) is 0 Å². The average Bonchev–Trinajstić information content (AvgIpc) is 2.93. The predicted molar refractivity (Wildman–Crippen MR) is 143 cm³/mol. The van der Waals surface area contributed by atoms with Gasteiger partial charge in [-0.2, -0.15) is 0 Å². The van der Waals surface area contributed by atoms with Crippen LogP contribution in [0.15, 0.2) is 72.8 Å². The van der Waals surface area contributed by atoms with Crippen LogP contribution in [-0.4, -0.2) is 55.1 Å². The molecule has 2 heterocycles. The van der Waals surface area contributed by atoms with E-state index in [1.54, 1.807) is 19.2 Å². The number of anilines is 1. The third-order valence-electron chi connectivity index (χ3n) is 7.45. The first-order valence-corrected chi connectivity index (χ1v) is 12.7. The van der Waals surface area contributed by atoms with E-state index >= 15 is 0 Å². The van der Waals surface area contributed by atoms with Crippen molar-refractivity contribution in [2.45, 2.75) is 25.4 Å². The van der Waals surface area contributed by atoms with Gasteiger partial charge in [-0.1, -0.05) is 42.5 Å². The minimum atomic E-state index is -0.367. The molecule has 3 aromatic rings. The Morgan fingerprint density at radius 2 is 1.84 bits per heavy atom. The van der Waals surface area contributed by atoms with Crippen LogP contribution in [0.25, 0.3) is 0 Å². The molecule has 0 radical (unpaired) electrons. The molecular formula is C29H32N4O4. The number of rotatable bonds is 8. The van der Waals surface area contributed by atoms with Gasteiger partial charge in [0, 0.05) is 50.5 Å². The second-order valence-electron chi connectivity index (χ2n) is 9.75. The number of amides is 1. The van der Waals surface area contributed by atoms with Crippen molar-refractivity contribution in [1.29, 1.82) is 0 Å². The van der Waals surface area contributed by atoms with Crippen LogP contribution in [0.3, 0.4) is 0 Å². The topological polar surface area (TPSA) is 87.9 Å². The van der Waals surface area contributed by atoms with Crippen molar-refractivity contribution in [2.24, 2.45) is 5.92 Å². The highest BCUT2D eigenvalue weighted by Crippen LogP contribution is 2.38. The Balaban J connectivity index is 1.32. The van der Waals surface area contributed by atoms with E-state index in [4.69, 9.17) is 4.74 Å². The summed E-state index contributed by atoms with van der Waals surface area (Å²) in [6.45, 7) is 3.78. The van der Waals surface area contributed by atoms with E-state index < -0.39 is 0 Å². The molecule has 0 aliphatic carbocycles. The zero-order valence-corrected chi connectivity index (χ0v) is 21.0. The molecule has 0 bridgehead atoms. The molecule has 0 aromatic heterocycles. The van der Waals surface area contributed by atoms with Crippen LogP contribution >= 0.6 is 0 Å². The minimum Gasteiger partial charge on any atom is -0.497 e. The van der Waals surface area contributed by atoms with Crippen LogP contribution in [0.5, 0.6) is 5.75 Å². The molecule has 0 spiro atoms. The molecule has 1 fully saturated rings. The molecule has 1 amide bonds. The van der Waals surface area contributed by atoms with Crippen molar-refractivity contribution in [3.8, 4) is 5.75 Å². The van der Waals surface area contributed by atoms with Crippen molar-refractivity contribution in [2.75, 3.05) is 38.2 Å². The summed E-state index contributed by atoms with van der Waals surface area (Å²) in [6.07, 6.45) is 1.21. The highest BCUT2D eigenvalue weighted by molar-refractivity contribution is 5.82. The first-order valence-electron chi connectivity index (χ1n) is 12.7. The summed E-state index contributed by atoms with van der Waals surface area (Å²) in [5, 5.41) is 14.6. The summed E-state index contributed by atoms with van der Waals surface area (Å²) in [5.74, 6) is 0.520. The van der Waals surface area contributed by atoms with Crippen LogP contribution in [0.2, 0.25) is 0 Å². The molecule has 192 valence electrons. The SMILES string of the molecule is COc1ccc(CCNC(=O)[C@H]2Cc3cc([N+](=O)[O-])ccc3N3CCN(Cc4ccccc4)C[C@H]23)cc1. The number of hydrogen-bond donors (Lipinski definition) is 1. The van der Waals surface area contributed by atoms with Crippen molar-refractivity contribution < 1.29 is 14.5 Å². The standard InChI is InChI=1S/C29H32N4O4/c1-37-25-10-7-21(8-11-25)13-14-30-29(34)26-18-23-17-24(33(35)36)9-12-27(23)32-16-15-31(20-28(26)32)19-22-5-3-2-4-6-22/h2-12,17,26,28H,13-16,18-20H2,1H3,(H,30,34)/t26-,28+/m0/s1. The monoisotopic (exact) mass is 500 g/mol. The van der Waals surface area contributed by atoms with Gasteiger partial charge in [0.25, 0.3) is 5.69 Å². The number of ether oxygens (including phenoxy) is 1. The maximum Gasteiger partial charge on any atom is 0.269 e. The first kappa shape index (κ1) is 24.8. The number of nitrogens with zero attached hydrogens (tertiary/aromatic N) is 3. The smallest absolute Gasteiger partial charge is 0.269 e. The van der Waals surface area contributed by atoms with Crippen LogP contribution < -0.4 is 15.0 Å². The number of piperazine rings is 1. The minimum absolute atomic E-state index is 0.00206. The number of nitro benzene ring substituents is 1. The van der Waals surface area contributed by atoms with Gasteiger partial charge < -0.3 is 15.0 Å². The molecule has 8 nitrogen and oxygen atoms in total. The van der Waals surface area contributed by atoms with Crippen LogP contribution in [-0.2, 0) is 24.2 Å². The number of nitrogens with one attached hydrogen (secondary N) is 1. The second kappa shape index (κ2) is 11.0. The molecule has 1 saturated heterocycles. The fourth-order valence-corrected chi connectivity index (χ4v) is 5.52. The van der Waals surface area contributed by atoms with E-state index in [-0.39, 0.29) is 28.5 Å². The summed E-state index contributed by atoms with van der Waals surface area (Å²) in [6, 6.07) is 23.3. The van der Waals surface area contributed by atoms with E-state index in [1.807, 2.05) is 36.4 Å². The van der Waals surface area contributed by atoms with Gasteiger partial charge >= 0.3 is 0 Å². The molecule has 8 heteroatoms. The van der Waals surface area contributed by atoms with Gasteiger partial charge in [0.2, 0.25) is 5.91 Å². The van der Waals surface area contributed by atoms with E-state index in [0.717, 1.165) is 55.2 Å². The molecule has 0 unspecified atom stereocenters. The van der Waals surface area contributed by atoms with Crippen molar-refractivity contribution in [1.82, 2.24) is 10.2 Å². The first-order chi connectivity index (χ1) is 18.0. The molecule has 2 atom stereocenters. The van der Waals surface area contributed by atoms with Crippen LogP contribution in [0.1, 0.15) is 16.7 Å². The number of methoxy groups -OCH3 is 1. The van der Waals surface area contributed by atoms with E-state index in [2.05, 4.69) is 39.4 Å². The van der Waals surface area contributed by atoms with Crippen molar-refractivity contribution >= 4 is 17.3 Å². The number of carbonyl (C=O) groups excluding carboxylic acids is 1. The van der Waals surface area contributed by atoms with E-state index in [1.165, 1.54) is 5.56 Å². The van der Waals surface area contributed by atoms with Gasteiger partial charge in [0.1, 0.15) is 5.75 Å². The summed E-state index contributed by atoms with van der Waals surface area (Å²) in [4.78, 5) is 29.3. The lowest BCUT2D eigenvalue weighted by Gasteiger charge is -2.49. The lowest BCUT2D eigenvalue weighted by atomic mass is 9.83. The quantitative estimate of drug-likeness (QED) is 0.374. The third kappa shape index (κ3) is 5.59. The van der Waals surface area contributed by atoms with E-state index in [9.17, 15) is 14.9 Å². The molecule has 3 aromatic carbocycles. The molecule has 37 heavy (non-hydrogen) atoms. The maximum atomic E-state index is 13.5. The highest BCUT2D eigenvalue weighted by atomic mass is 16.6. The lowest BCUT2D eigenvalue weighted by Crippen LogP contribution is -2.61. The molecule has 1 N–H and O–H groups in total. The Labute approximate surface area is 217 Å². The average molecular weight is 501 g/mol. The van der Waals surface area contributed by atoms with Gasteiger partial charge in [-0.25, -0.2) is 0 Å². The van der Waals surface area contributed by atoms with Gasteiger partial charge in [-0.3, -0.25) is 19.8 Å². The molecular weight excluding hydrogens is 468 g/mol. The number of fused-ring (bicyclic) bond motifs is 3. The Kier molecular flexibility index (Phi) is 7.37. The Morgan fingerprint density at radius 1 is 1.05 bits per heavy atom. The van der Waals surface area contributed by atoms with Crippen LogP contribution in [0.4, 0.5) is 11.4 Å². The van der Waals surface area contributed by atoms with Crippen molar-refractivity contribution in [3.05, 3.63) is 99.6 Å². The summed E-state index contributed by atoms with van der Waals surface area (Å²) < 4.78 is 5.22. The van der Waals surface area contributed by atoms with Gasteiger partial charge in [-0.05, 0) is 47.7 Å². The zero-order valence-electron chi connectivity index (χ0n) is 21.0. The number of non-ortho nitro benzene ring substituents is 1. The number of carbonyl (C=O) groups is 1. The zero-order chi connectivity index (χ0) is 25.8. The maximum absolute atomic E-state index is 13.5. The normalized spacial score (nSPS) is 19.0. The number of nitro groups is 1. The predicted octanol–water partition coefficient (Wildman–Crippen LogP) is 3.83. The molecule has 2 aliphatic rings. The summed E-state index contributed by atoms with van der Waals surface area (Å²) in [7, 11) is 1.64. The number of benzene rings is 3. The second-order valence-corrected chi connectivity index (χ2v) is 9.75. The molecule has 5 rings (SSSR count). The van der Waals surface area contributed by atoms with Gasteiger partial charge in [0.15, 0.2) is 0 Å². The molecule has 2 aliphatic heterocycles. The molecule has 0 saturated carbocycles.